The van der Waals surface area contributed by atoms with Crippen molar-refractivity contribution in [3.05, 3.63) is 52.0 Å². The standard InChI is InChI=1S/C17H15FO4S2/c1-17(2)16(19)13(15-12(18)8-9-23-15)14(22-17)10-4-6-11(7-5-10)24(3,20)21/h4-9H,1-3H3. The molecule has 0 saturated heterocycles. The molecule has 2 heterocycles. The minimum atomic E-state index is -3.32. The zero-order valence-electron chi connectivity index (χ0n) is 13.3. The normalized spacial score (nSPS) is 17.2. The molecule has 4 nitrogen and oxygen atoms in total. The van der Waals surface area contributed by atoms with Crippen molar-refractivity contribution in [1.82, 2.24) is 0 Å². The molecule has 0 unspecified atom stereocenters. The second-order valence-corrected chi connectivity index (χ2v) is 8.97. The predicted octanol–water partition coefficient (Wildman–Crippen LogP) is 3.54. The summed E-state index contributed by atoms with van der Waals surface area (Å²) in [6.45, 7) is 3.25. The van der Waals surface area contributed by atoms with Crippen molar-refractivity contribution in [2.75, 3.05) is 6.26 Å². The van der Waals surface area contributed by atoms with Crippen LogP contribution in [0.25, 0.3) is 11.3 Å². The molecule has 24 heavy (non-hydrogen) atoms. The van der Waals surface area contributed by atoms with Crippen molar-refractivity contribution in [2.24, 2.45) is 0 Å². The Bertz CT molecular complexity index is 951. The van der Waals surface area contributed by atoms with Gasteiger partial charge in [0, 0.05) is 11.8 Å². The van der Waals surface area contributed by atoms with Gasteiger partial charge in [0.1, 0.15) is 11.6 Å². The van der Waals surface area contributed by atoms with Gasteiger partial charge in [0.15, 0.2) is 15.4 Å². The summed E-state index contributed by atoms with van der Waals surface area (Å²) in [6, 6.07) is 7.31. The van der Waals surface area contributed by atoms with Crippen LogP contribution in [0.1, 0.15) is 24.3 Å². The average molecular weight is 366 g/mol. The van der Waals surface area contributed by atoms with Gasteiger partial charge in [0.2, 0.25) is 5.78 Å². The van der Waals surface area contributed by atoms with E-state index < -0.39 is 21.3 Å². The maximum Gasteiger partial charge on any atom is 0.211 e. The highest BCUT2D eigenvalue weighted by atomic mass is 32.2. The maximum atomic E-state index is 14.0. The highest BCUT2D eigenvalue weighted by molar-refractivity contribution is 7.90. The Labute approximate surface area is 143 Å². The van der Waals surface area contributed by atoms with E-state index in [9.17, 15) is 17.6 Å². The van der Waals surface area contributed by atoms with E-state index >= 15 is 0 Å². The topological polar surface area (TPSA) is 60.4 Å². The van der Waals surface area contributed by atoms with Crippen LogP contribution in [0.15, 0.2) is 40.6 Å². The Balaban J connectivity index is 2.17. The van der Waals surface area contributed by atoms with E-state index in [0.717, 1.165) is 17.6 Å². The smallest absolute Gasteiger partial charge is 0.211 e. The lowest BCUT2D eigenvalue weighted by Crippen LogP contribution is -2.29. The monoisotopic (exact) mass is 366 g/mol. The molecule has 0 saturated carbocycles. The number of benzene rings is 1. The lowest BCUT2D eigenvalue weighted by atomic mass is 9.97. The molecule has 3 rings (SSSR count). The van der Waals surface area contributed by atoms with E-state index in [1.165, 1.54) is 18.2 Å². The quantitative estimate of drug-likeness (QED) is 0.834. The fourth-order valence-electron chi connectivity index (χ4n) is 2.49. The molecular weight excluding hydrogens is 351 g/mol. The lowest BCUT2D eigenvalue weighted by Gasteiger charge is -2.17. The summed E-state index contributed by atoms with van der Waals surface area (Å²) in [5.41, 5.74) is -0.375. The van der Waals surface area contributed by atoms with Gasteiger partial charge in [-0.05, 0) is 49.6 Å². The van der Waals surface area contributed by atoms with E-state index in [1.807, 2.05) is 0 Å². The van der Waals surface area contributed by atoms with Crippen molar-refractivity contribution < 1.29 is 22.3 Å². The van der Waals surface area contributed by atoms with Gasteiger partial charge in [0.25, 0.3) is 0 Å². The van der Waals surface area contributed by atoms with Gasteiger partial charge >= 0.3 is 0 Å². The fraction of sp³-hybridized carbons (Fsp3) is 0.235. The van der Waals surface area contributed by atoms with Crippen LogP contribution in [0, 0.1) is 5.82 Å². The first-order valence-electron chi connectivity index (χ1n) is 7.13. The summed E-state index contributed by atoms with van der Waals surface area (Å²) in [5, 5.41) is 1.57. The van der Waals surface area contributed by atoms with E-state index in [-0.39, 0.29) is 26.9 Å². The average Bonchev–Trinajstić information content (AvgIpc) is 3.00. The Morgan fingerprint density at radius 1 is 1.12 bits per heavy atom. The van der Waals surface area contributed by atoms with Gasteiger partial charge in [0.05, 0.1) is 15.3 Å². The number of rotatable bonds is 3. The number of carbonyl (C=O) groups excluding carboxylic acids is 1. The number of sulfone groups is 1. The van der Waals surface area contributed by atoms with Crippen LogP contribution >= 0.6 is 11.3 Å². The second kappa shape index (κ2) is 5.53. The summed E-state index contributed by atoms with van der Waals surface area (Å²) in [5.74, 6) is -0.507. The van der Waals surface area contributed by atoms with E-state index in [4.69, 9.17) is 4.74 Å². The molecule has 0 N–H and O–H groups in total. The summed E-state index contributed by atoms with van der Waals surface area (Å²) in [6.07, 6.45) is 1.12. The van der Waals surface area contributed by atoms with Gasteiger partial charge in [-0.15, -0.1) is 11.3 Å². The van der Waals surface area contributed by atoms with Crippen LogP contribution in [0.5, 0.6) is 0 Å². The molecule has 1 aliphatic rings. The molecule has 1 aliphatic heterocycles. The molecule has 1 aromatic carbocycles. The molecule has 0 amide bonds. The van der Waals surface area contributed by atoms with Gasteiger partial charge in [-0.1, -0.05) is 0 Å². The molecule has 0 radical (unpaired) electrons. The summed E-state index contributed by atoms with van der Waals surface area (Å²) in [7, 11) is -3.32. The van der Waals surface area contributed by atoms with Crippen LogP contribution in [0.3, 0.4) is 0 Å². The molecule has 0 atom stereocenters. The fourth-order valence-corrected chi connectivity index (χ4v) is 3.93. The number of hydrogen-bond donors (Lipinski definition) is 0. The molecule has 7 heteroatoms. The second-order valence-electron chi connectivity index (χ2n) is 6.04. The first-order valence-corrected chi connectivity index (χ1v) is 9.90. The molecule has 126 valence electrons. The third-order valence-corrected chi connectivity index (χ3v) is 5.78. The van der Waals surface area contributed by atoms with E-state index in [0.29, 0.717) is 5.56 Å². The number of Topliss-reactive ketones (excluding diaryl/α,β-unsaturated/α-hetero) is 1. The number of hydrogen-bond acceptors (Lipinski definition) is 5. The third-order valence-electron chi connectivity index (χ3n) is 3.75. The minimum absolute atomic E-state index is 0.166. The van der Waals surface area contributed by atoms with E-state index in [1.54, 1.807) is 31.4 Å². The van der Waals surface area contributed by atoms with Crippen LogP contribution < -0.4 is 0 Å². The summed E-state index contributed by atoms with van der Waals surface area (Å²) < 4.78 is 43.0. The molecular formula is C17H15FO4S2. The van der Waals surface area contributed by atoms with Crippen LogP contribution in [-0.2, 0) is 19.4 Å². The van der Waals surface area contributed by atoms with Crippen LogP contribution in [0.4, 0.5) is 4.39 Å². The first kappa shape index (κ1) is 16.9. The van der Waals surface area contributed by atoms with Crippen molar-refractivity contribution in [2.45, 2.75) is 24.3 Å². The van der Waals surface area contributed by atoms with Crippen LogP contribution in [0.2, 0.25) is 0 Å². The molecule has 0 fully saturated rings. The molecule has 0 bridgehead atoms. The van der Waals surface area contributed by atoms with Crippen molar-refractivity contribution in [1.29, 1.82) is 0 Å². The SMILES string of the molecule is CC1(C)OC(c2ccc(S(C)(=O)=O)cc2)=C(c2sccc2F)C1=O. The summed E-state index contributed by atoms with van der Waals surface area (Å²) >= 11 is 1.13. The number of thiophene rings is 1. The Kier molecular flexibility index (Phi) is 3.88. The Morgan fingerprint density at radius 3 is 2.25 bits per heavy atom. The van der Waals surface area contributed by atoms with Gasteiger partial charge in [-0.3, -0.25) is 4.79 Å². The van der Waals surface area contributed by atoms with Crippen LogP contribution in [-0.4, -0.2) is 26.1 Å². The van der Waals surface area contributed by atoms with E-state index in [2.05, 4.69) is 0 Å². The number of halogens is 1. The predicted molar refractivity (Wildman–Crippen MR) is 90.8 cm³/mol. The highest BCUT2D eigenvalue weighted by Crippen LogP contribution is 2.43. The zero-order valence-corrected chi connectivity index (χ0v) is 14.9. The molecule has 1 aromatic heterocycles. The molecule has 2 aromatic rings. The largest absolute Gasteiger partial charge is 0.478 e. The highest BCUT2D eigenvalue weighted by Gasteiger charge is 2.44. The zero-order chi connectivity index (χ0) is 17.7. The van der Waals surface area contributed by atoms with Gasteiger partial charge < -0.3 is 4.74 Å². The Hall–Kier alpha value is -1.99. The van der Waals surface area contributed by atoms with Crippen molar-refractivity contribution in [3.63, 3.8) is 0 Å². The summed E-state index contributed by atoms with van der Waals surface area (Å²) in [4.78, 5) is 13.0. The molecule has 0 spiro atoms. The Morgan fingerprint density at radius 2 is 1.75 bits per heavy atom. The van der Waals surface area contributed by atoms with Gasteiger partial charge in [-0.2, -0.15) is 0 Å². The number of carbonyl (C=O) groups is 1. The third kappa shape index (κ3) is 2.78. The first-order chi connectivity index (χ1) is 11.1. The van der Waals surface area contributed by atoms with Crippen molar-refractivity contribution >= 4 is 38.3 Å². The van der Waals surface area contributed by atoms with Gasteiger partial charge in [-0.25, -0.2) is 12.8 Å². The number of ether oxygens (including phenoxy) is 1. The molecule has 0 aliphatic carbocycles. The maximum absolute atomic E-state index is 14.0. The lowest BCUT2D eigenvalue weighted by molar-refractivity contribution is -0.125. The number of ketones is 1. The minimum Gasteiger partial charge on any atom is -0.478 e. The van der Waals surface area contributed by atoms with Crippen molar-refractivity contribution in [3.8, 4) is 0 Å².